The van der Waals surface area contributed by atoms with E-state index >= 15 is 0 Å². The lowest BCUT2D eigenvalue weighted by Gasteiger charge is -2.13. The molecule has 1 heterocycles. The molecule has 3 aromatic carbocycles. The summed E-state index contributed by atoms with van der Waals surface area (Å²) in [5.74, 6) is 0.171. The second-order valence-electron chi connectivity index (χ2n) is 7.28. The highest BCUT2D eigenvalue weighted by atomic mass is 79.9. The van der Waals surface area contributed by atoms with Crippen LogP contribution in [-0.4, -0.2) is 11.4 Å². The summed E-state index contributed by atoms with van der Waals surface area (Å²) in [5, 5.41) is 6.28. The number of aryl methyl sites for hydroxylation is 1. The number of ether oxygens (including phenoxy) is 1. The lowest BCUT2D eigenvalue weighted by atomic mass is 10.1. The molecule has 4 rings (SSSR count). The summed E-state index contributed by atoms with van der Waals surface area (Å²) >= 11 is 4.90. The van der Waals surface area contributed by atoms with E-state index in [4.69, 9.17) is 4.74 Å². The molecule has 0 spiro atoms. The van der Waals surface area contributed by atoms with Crippen LogP contribution in [0.5, 0.6) is 5.75 Å². The standard InChI is InChI=1S/C25H22BrFN2O2S/c1-2-16-6-9-21(10-7-16)28-25-29-24(30)23(32-25)14-18-13-19(26)8-11-22(18)31-15-17-4-3-5-20(27)12-17/h3-14,25,28H,2,15H2,1H3,(H,29,30)/b23-14-/t25-/m1/s1. The van der Waals surface area contributed by atoms with Crippen LogP contribution in [0.3, 0.4) is 0 Å². The van der Waals surface area contributed by atoms with Crippen LogP contribution in [0, 0.1) is 5.82 Å². The SMILES string of the molecule is CCc1ccc(N[C@@H]2NC(=O)/C(=C/c3cc(Br)ccc3OCc3cccc(F)c3)S2)cc1. The molecule has 1 saturated heterocycles. The Hall–Kier alpha value is -2.77. The summed E-state index contributed by atoms with van der Waals surface area (Å²) < 4.78 is 20.3. The monoisotopic (exact) mass is 512 g/mol. The third-order valence-corrected chi connectivity index (χ3v) is 6.45. The number of thioether (sulfide) groups is 1. The molecule has 1 fully saturated rings. The van der Waals surface area contributed by atoms with Crippen LogP contribution in [0.2, 0.25) is 0 Å². The third-order valence-electron chi connectivity index (χ3n) is 4.93. The second kappa shape index (κ2) is 10.2. The van der Waals surface area contributed by atoms with Crippen molar-refractivity contribution in [3.05, 3.63) is 98.6 Å². The van der Waals surface area contributed by atoms with Gasteiger partial charge in [0.05, 0.1) is 4.91 Å². The molecule has 1 aliphatic heterocycles. The number of halogens is 2. The average Bonchev–Trinajstić information content (AvgIpc) is 3.12. The first-order chi connectivity index (χ1) is 15.5. The Morgan fingerprint density at radius 3 is 2.69 bits per heavy atom. The highest BCUT2D eigenvalue weighted by Crippen LogP contribution is 2.33. The number of nitrogens with one attached hydrogen (secondary N) is 2. The number of anilines is 1. The number of hydrogen-bond donors (Lipinski definition) is 2. The van der Waals surface area contributed by atoms with Crippen molar-refractivity contribution in [1.29, 1.82) is 0 Å². The van der Waals surface area contributed by atoms with Gasteiger partial charge in [0.1, 0.15) is 18.2 Å². The molecule has 1 aliphatic rings. The number of amides is 1. The lowest BCUT2D eigenvalue weighted by Crippen LogP contribution is -2.30. The van der Waals surface area contributed by atoms with Gasteiger partial charge in [0, 0.05) is 15.7 Å². The molecule has 3 aromatic rings. The first-order valence-electron chi connectivity index (χ1n) is 10.2. The van der Waals surface area contributed by atoms with Gasteiger partial charge in [0.2, 0.25) is 0 Å². The summed E-state index contributed by atoms with van der Waals surface area (Å²) in [6.45, 7) is 2.34. The third kappa shape index (κ3) is 5.72. The van der Waals surface area contributed by atoms with Crippen molar-refractivity contribution in [2.24, 2.45) is 0 Å². The Balaban J connectivity index is 1.48. The van der Waals surface area contributed by atoms with Gasteiger partial charge >= 0.3 is 0 Å². The van der Waals surface area contributed by atoms with Crippen molar-refractivity contribution >= 4 is 45.4 Å². The lowest BCUT2D eigenvalue weighted by molar-refractivity contribution is -0.116. The molecule has 0 saturated carbocycles. The van der Waals surface area contributed by atoms with Gasteiger partial charge in [0.25, 0.3) is 5.91 Å². The van der Waals surface area contributed by atoms with E-state index in [0.29, 0.717) is 10.7 Å². The van der Waals surface area contributed by atoms with Crippen LogP contribution >= 0.6 is 27.7 Å². The average molecular weight is 513 g/mol. The molecule has 0 radical (unpaired) electrons. The minimum Gasteiger partial charge on any atom is -0.488 e. The molecule has 164 valence electrons. The number of carbonyl (C=O) groups excluding carboxylic acids is 1. The van der Waals surface area contributed by atoms with Gasteiger partial charge in [-0.15, -0.1) is 0 Å². The van der Waals surface area contributed by atoms with E-state index in [1.165, 1.54) is 29.5 Å². The highest BCUT2D eigenvalue weighted by molar-refractivity contribution is 9.10. The van der Waals surface area contributed by atoms with E-state index in [1.807, 2.05) is 42.5 Å². The fourth-order valence-corrected chi connectivity index (χ4v) is 4.60. The van der Waals surface area contributed by atoms with Crippen LogP contribution in [-0.2, 0) is 17.8 Å². The van der Waals surface area contributed by atoms with Crippen LogP contribution in [0.25, 0.3) is 6.08 Å². The van der Waals surface area contributed by atoms with Gasteiger partial charge in [-0.2, -0.15) is 0 Å². The molecule has 0 unspecified atom stereocenters. The predicted octanol–water partition coefficient (Wildman–Crippen LogP) is 6.33. The first kappa shape index (κ1) is 22.4. The minimum atomic E-state index is -0.300. The maximum Gasteiger partial charge on any atom is 0.260 e. The van der Waals surface area contributed by atoms with E-state index in [0.717, 1.165) is 27.7 Å². The number of carbonyl (C=O) groups is 1. The van der Waals surface area contributed by atoms with Crippen molar-refractivity contribution in [3.63, 3.8) is 0 Å². The molecule has 4 nitrogen and oxygen atoms in total. The van der Waals surface area contributed by atoms with Crippen LogP contribution < -0.4 is 15.4 Å². The molecule has 0 aromatic heterocycles. The van der Waals surface area contributed by atoms with E-state index in [2.05, 4.69) is 45.6 Å². The fourth-order valence-electron chi connectivity index (χ4n) is 3.25. The smallest absolute Gasteiger partial charge is 0.260 e. The van der Waals surface area contributed by atoms with E-state index in [-0.39, 0.29) is 23.8 Å². The van der Waals surface area contributed by atoms with E-state index in [1.54, 1.807) is 6.07 Å². The van der Waals surface area contributed by atoms with Crippen LogP contribution in [0.15, 0.2) is 76.1 Å². The van der Waals surface area contributed by atoms with Gasteiger partial charge in [-0.3, -0.25) is 4.79 Å². The topological polar surface area (TPSA) is 50.4 Å². The zero-order chi connectivity index (χ0) is 22.5. The molecule has 7 heteroatoms. The zero-order valence-corrected chi connectivity index (χ0v) is 19.8. The van der Waals surface area contributed by atoms with E-state index in [9.17, 15) is 9.18 Å². The van der Waals surface area contributed by atoms with Crippen LogP contribution in [0.1, 0.15) is 23.6 Å². The van der Waals surface area contributed by atoms with Gasteiger partial charge in [-0.1, -0.05) is 58.9 Å². The van der Waals surface area contributed by atoms with Gasteiger partial charge in [-0.25, -0.2) is 4.39 Å². The van der Waals surface area contributed by atoms with Crippen molar-refractivity contribution < 1.29 is 13.9 Å². The van der Waals surface area contributed by atoms with Crippen LogP contribution in [0.4, 0.5) is 10.1 Å². The highest BCUT2D eigenvalue weighted by Gasteiger charge is 2.27. The normalized spacial score (nSPS) is 16.8. The first-order valence-corrected chi connectivity index (χ1v) is 11.9. The number of benzene rings is 3. The van der Waals surface area contributed by atoms with Crippen molar-refractivity contribution in [1.82, 2.24) is 5.32 Å². The van der Waals surface area contributed by atoms with Gasteiger partial charge in [0.15, 0.2) is 5.50 Å². The van der Waals surface area contributed by atoms with Gasteiger partial charge < -0.3 is 15.4 Å². The maximum absolute atomic E-state index is 13.4. The summed E-state index contributed by atoms with van der Waals surface area (Å²) in [6.07, 6.45) is 2.80. The van der Waals surface area contributed by atoms with E-state index < -0.39 is 0 Å². The second-order valence-corrected chi connectivity index (χ2v) is 9.34. The summed E-state index contributed by atoms with van der Waals surface area (Å²) in [5.41, 5.74) is 3.45. The van der Waals surface area contributed by atoms with Crippen molar-refractivity contribution in [2.75, 3.05) is 5.32 Å². The molecule has 1 amide bonds. The Kier molecular flexibility index (Phi) is 7.17. The minimum absolute atomic E-state index is 0.145. The predicted molar refractivity (Wildman–Crippen MR) is 132 cm³/mol. The quantitative estimate of drug-likeness (QED) is 0.363. The molecule has 32 heavy (non-hydrogen) atoms. The fraction of sp³-hybridized carbons (Fsp3) is 0.160. The Morgan fingerprint density at radius 2 is 1.94 bits per heavy atom. The Bertz CT molecular complexity index is 1150. The number of rotatable bonds is 7. The Labute approximate surface area is 199 Å². The molecule has 0 bridgehead atoms. The van der Waals surface area contributed by atoms with Gasteiger partial charge in [-0.05, 0) is 66.1 Å². The molecule has 0 aliphatic carbocycles. The maximum atomic E-state index is 13.4. The summed E-state index contributed by atoms with van der Waals surface area (Å²) in [6, 6.07) is 20.1. The zero-order valence-electron chi connectivity index (χ0n) is 17.4. The summed E-state index contributed by atoms with van der Waals surface area (Å²) in [4.78, 5) is 13.1. The summed E-state index contributed by atoms with van der Waals surface area (Å²) in [7, 11) is 0. The Morgan fingerprint density at radius 1 is 1.12 bits per heavy atom. The number of hydrogen-bond acceptors (Lipinski definition) is 4. The largest absolute Gasteiger partial charge is 0.488 e. The molecular weight excluding hydrogens is 491 g/mol. The molecule has 2 N–H and O–H groups in total. The molecule has 1 atom stereocenters. The van der Waals surface area contributed by atoms with Crippen molar-refractivity contribution in [2.45, 2.75) is 25.4 Å². The van der Waals surface area contributed by atoms with Crippen molar-refractivity contribution in [3.8, 4) is 5.75 Å². The molecular formula is C25H22BrFN2O2S.